The zero-order valence-electron chi connectivity index (χ0n) is 16.5. The molecular weight excluding hydrogens is 388 g/mol. The molecule has 1 aromatic heterocycles. The summed E-state index contributed by atoms with van der Waals surface area (Å²) < 4.78 is 10.8. The summed E-state index contributed by atoms with van der Waals surface area (Å²) >= 11 is 1.14. The van der Waals surface area contributed by atoms with Crippen molar-refractivity contribution in [3.8, 4) is 0 Å². The van der Waals surface area contributed by atoms with Crippen molar-refractivity contribution in [1.29, 1.82) is 0 Å². The van der Waals surface area contributed by atoms with Gasteiger partial charge in [-0.2, -0.15) is 0 Å². The maximum absolute atomic E-state index is 12.3. The molecule has 0 aliphatic heterocycles. The molecule has 1 N–H and O–H groups in total. The van der Waals surface area contributed by atoms with Gasteiger partial charge in [0.05, 0.1) is 0 Å². The molecule has 3 rings (SSSR count). The van der Waals surface area contributed by atoms with Crippen molar-refractivity contribution in [2.45, 2.75) is 37.5 Å². The highest BCUT2D eigenvalue weighted by atomic mass is 32.2. The number of oxazole rings is 1. The van der Waals surface area contributed by atoms with Gasteiger partial charge in [0.2, 0.25) is 0 Å². The first-order valence-corrected chi connectivity index (χ1v) is 10.6. The monoisotopic (exact) mass is 412 g/mol. The number of ether oxygens (including phenoxy) is 1. The summed E-state index contributed by atoms with van der Waals surface area (Å²) in [7, 11) is 0. The van der Waals surface area contributed by atoms with E-state index in [0.29, 0.717) is 17.4 Å². The van der Waals surface area contributed by atoms with Gasteiger partial charge in [-0.1, -0.05) is 61.2 Å². The van der Waals surface area contributed by atoms with E-state index in [0.717, 1.165) is 23.7 Å². The summed E-state index contributed by atoms with van der Waals surface area (Å²) in [5.74, 6) is -0.557. The van der Waals surface area contributed by atoms with Crippen molar-refractivity contribution in [1.82, 2.24) is 10.3 Å². The van der Waals surface area contributed by atoms with E-state index in [9.17, 15) is 9.59 Å². The van der Waals surface area contributed by atoms with Gasteiger partial charge in [-0.3, -0.25) is 9.59 Å². The summed E-state index contributed by atoms with van der Waals surface area (Å²) in [6.45, 7) is 4.15. The first-order chi connectivity index (χ1) is 14.1. The largest absolute Gasteiger partial charge is 0.452 e. The number of carbonyl (C=O) groups is 2. The van der Waals surface area contributed by atoms with E-state index in [-0.39, 0.29) is 17.6 Å². The van der Waals surface area contributed by atoms with Crippen LogP contribution in [0.1, 0.15) is 31.7 Å². The topological polar surface area (TPSA) is 81.4 Å². The van der Waals surface area contributed by atoms with E-state index < -0.39 is 12.1 Å². The van der Waals surface area contributed by atoms with Crippen LogP contribution in [0.15, 0.2) is 64.2 Å². The molecule has 1 heterocycles. The third-order valence-corrected chi connectivity index (χ3v) is 5.35. The number of rotatable bonds is 9. The Morgan fingerprint density at radius 2 is 1.86 bits per heavy atom. The van der Waals surface area contributed by atoms with Gasteiger partial charge < -0.3 is 14.5 Å². The Kier molecular flexibility index (Phi) is 7.30. The molecule has 0 bridgehead atoms. The first-order valence-electron chi connectivity index (χ1n) is 9.57. The molecule has 0 unspecified atom stereocenters. The summed E-state index contributed by atoms with van der Waals surface area (Å²) in [5, 5.41) is 3.27. The van der Waals surface area contributed by atoms with Crippen molar-refractivity contribution in [2.75, 3.05) is 12.3 Å². The number of hydrogen-bond donors (Lipinski definition) is 1. The van der Waals surface area contributed by atoms with Crippen LogP contribution in [0.4, 0.5) is 0 Å². The number of esters is 1. The average Bonchev–Trinajstić information content (AvgIpc) is 3.16. The second kappa shape index (κ2) is 10.1. The van der Waals surface area contributed by atoms with E-state index >= 15 is 0 Å². The molecule has 0 aliphatic rings. The van der Waals surface area contributed by atoms with Crippen molar-refractivity contribution >= 4 is 34.7 Å². The lowest BCUT2D eigenvalue weighted by molar-refractivity contribution is -0.152. The smallest absolute Gasteiger partial charge is 0.317 e. The van der Waals surface area contributed by atoms with Crippen LogP contribution in [0, 0.1) is 0 Å². The third-order valence-electron chi connectivity index (χ3n) is 4.55. The van der Waals surface area contributed by atoms with Gasteiger partial charge in [-0.05, 0) is 31.0 Å². The van der Waals surface area contributed by atoms with Crippen LogP contribution < -0.4 is 5.32 Å². The Balaban J connectivity index is 1.44. The molecule has 2 atom stereocenters. The minimum Gasteiger partial charge on any atom is -0.452 e. The summed E-state index contributed by atoms with van der Waals surface area (Å²) in [6.07, 6.45) is 0.0413. The minimum atomic E-state index is -0.861. The Morgan fingerprint density at radius 3 is 2.59 bits per heavy atom. The fourth-order valence-corrected chi connectivity index (χ4v) is 3.53. The molecule has 2 aromatic carbocycles. The first kappa shape index (κ1) is 20.9. The number of amides is 1. The highest BCUT2D eigenvalue weighted by Crippen LogP contribution is 2.23. The lowest BCUT2D eigenvalue weighted by atomic mass is 9.96. The molecule has 7 heteroatoms. The Morgan fingerprint density at radius 1 is 1.14 bits per heavy atom. The number of benzene rings is 2. The van der Waals surface area contributed by atoms with E-state index in [1.807, 2.05) is 54.6 Å². The summed E-state index contributed by atoms with van der Waals surface area (Å²) in [4.78, 5) is 28.7. The molecule has 29 heavy (non-hydrogen) atoms. The van der Waals surface area contributed by atoms with Gasteiger partial charge in [-0.15, -0.1) is 0 Å². The Hall–Kier alpha value is -2.80. The van der Waals surface area contributed by atoms with Crippen LogP contribution >= 0.6 is 11.8 Å². The minimum absolute atomic E-state index is 0.0199. The quantitative estimate of drug-likeness (QED) is 0.420. The lowest BCUT2D eigenvalue weighted by Crippen LogP contribution is -2.38. The van der Waals surface area contributed by atoms with Crippen LogP contribution in [0.25, 0.3) is 11.1 Å². The number of thioether (sulfide) groups is 1. The number of carbonyl (C=O) groups excluding carboxylic acids is 2. The van der Waals surface area contributed by atoms with E-state index in [1.54, 1.807) is 6.92 Å². The maximum atomic E-state index is 12.3. The number of aromatic nitrogens is 1. The second-order valence-corrected chi connectivity index (χ2v) is 7.56. The van der Waals surface area contributed by atoms with Gasteiger partial charge in [-0.25, -0.2) is 4.98 Å². The number of nitrogens with zero attached hydrogens (tertiary/aromatic N) is 1. The van der Waals surface area contributed by atoms with Gasteiger partial charge in [0, 0.05) is 12.5 Å². The fraction of sp³-hybridized carbons (Fsp3) is 0.318. The molecule has 0 fully saturated rings. The van der Waals surface area contributed by atoms with E-state index in [4.69, 9.17) is 9.15 Å². The normalized spacial score (nSPS) is 13.0. The van der Waals surface area contributed by atoms with Crippen molar-refractivity contribution in [2.24, 2.45) is 0 Å². The average molecular weight is 413 g/mol. The van der Waals surface area contributed by atoms with E-state index in [1.165, 1.54) is 5.56 Å². The van der Waals surface area contributed by atoms with Crippen LogP contribution in [-0.2, 0) is 14.3 Å². The Labute approximate surface area is 174 Å². The van der Waals surface area contributed by atoms with Gasteiger partial charge >= 0.3 is 5.97 Å². The highest BCUT2D eigenvalue weighted by molar-refractivity contribution is 7.99. The molecule has 0 spiro atoms. The summed E-state index contributed by atoms with van der Waals surface area (Å²) in [5.41, 5.74) is 2.58. The lowest BCUT2D eigenvalue weighted by Gasteiger charge is -2.18. The van der Waals surface area contributed by atoms with Crippen LogP contribution in [0.3, 0.4) is 0 Å². The predicted octanol–water partition coefficient (Wildman–Crippen LogP) is 4.16. The zero-order valence-corrected chi connectivity index (χ0v) is 17.3. The summed E-state index contributed by atoms with van der Waals surface area (Å²) in [6, 6.07) is 17.4. The number of para-hydroxylation sites is 2. The Bertz CT molecular complexity index is 925. The maximum Gasteiger partial charge on any atom is 0.317 e. The predicted molar refractivity (Wildman–Crippen MR) is 113 cm³/mol. The molecule has 0 saturated carbocycles. The van der Waals surface area contributed by atoms with Gasteiger partial charge in [0.1, 0.15) is 11.3 Å². The molecular formula is C22H24N2O4S. The van der Waals surface area contributed by atoms with Crippen molar-refractivity contribution in [3.63, 3.8) is 0 Å². The van der Waals surface area contributed by atoms with Crippen molar-refractivity contribution in [3.05, 3.63) is 60.2 Å². The standard InChI is InChI=1S/C22H24N2O4S/c1-3-16(17-9-5-4-6-10-17)13-23-21(26)15(2)27-20(25)14-29-22-24-18-11-7-8-12-19(18)28-22/h4-12,15-16H,3,13-14H2,1-2H3,(H,23,26)/t15-,16-/m0/s1. The molecule has 152 valence electrons. The van der Waals surface area contributed by atoms with Gasteiger partial charge in [0.15, 0.2) is 11.7 Å². The molecule has 0 saturated heterocycles. The molecule has 1 amide bonds. The van der Waals surface area contributed by atoms with Crippen LogP contribution in [-0.4, -0.2) is 35.3 Å². The molecule has 3 aromatic rings. The zero-order chi connectivity index (χ0) is 20.6. The molecule has 0 aliphatic carbocycles. The highest BCUT2D eigenvalue weighted by Gasteiger charge is 2.20. The van der Waals surface area contributed by atoms with Crippen LogP contribution in [0.5, 0.6) is 0 Å². The third kappa shape index (κ3) is 5.84. The number of nitrogens with one attached hydrogen (secondary N) is 1. The van der Waals surface area contributed by atoms with E-state index in [2.05, 4.69) is 17.2 Å². The van der Waals surface area contributed by atoms with Crippen LogP contribution in [0.2, 0.25) is 0 Å². The molecule has 6 nitrogen and oxygen atoms in total. The second-order valence-electron chi connectivity index (χ2n) is 6.63. The fourth-order valence-electron chi connectivity index (χ4n) is 2.91. The van der Waals surface area contributed by atoms with Gasteiger partial charge in [0.25, 0.3) is 11.1 Å². The number of fused-ring (bicyclic) bond motifs is 1. The number of hydrogen-bond acceptors (Lipinski definition) is 6. The molecule has 0 radical (unpaired) electrons. The SMILES string of the molecule is CC[C@@H](CNC(=O)[C@H](C)OC(=O)CSc1nc2ccccc2o1)c1ccccc1. The van der Waals surface area contributed by atoms with Crippen molar-refractivity contribution < 1.29 is 18.7 Å².